The van der Waals surface area contributed by atoms with Crippen molar-refractivity contribution in [2.75, 3.05) is 19.8 Å². The van der Waals surface area contributed by atoms with Crippen LogP contribution in [0.3, 0.4) is 0 Å². The summed E-state index contributed by atoms with van der Waals surface area (Å²) in [7, 11) is 0. The first-order valence-electron chi connectivity index (χ1n) is 6.47. The third-order valence-electron chi connectivity index (χ3n) is 3.62. The number of rotatable bonds is 5. The molecule has 4 nitrogen and oxygen atoms in total. The minimum absolute atomic E-state index is 0.236. The molecule has 1 heterocycles. The molecule has 1 aliphatic rings. The molecule has 0 unspecified atom stereocenters. The average Bonchev–Trinajstić information content (AvgIpc) is 2.38. The van der Waals surface area contributed by atoms with Crippen molar-refractivity contribution >= 4 is 5.97 Å². The van der Waals surface area contributed by atoms with Crippen molar-refractivity contribution < 1.29 is 19.0 Å². The Morgan fingerprint density at radius 1 is 1.28 bits per heavy atom. The summed E-state index contributed by atoms with van der Waals surface area (Å²) in [6.45, 7) is 12.6. The van der Waals surface area contributed by atoms with E-state index in [1.807, 2.05) is 13.8 Å². The van der Waals surface area contributed by atoms with Gasteiger partial charge in [-0.25, -0.2) is 4.79 Å². The third-order valence-corrected chi connectivity index (χ3v) is 3.62. The van der Waals surface area contributed by atoms with Crippen LogP contribution >= 0.6 is 0 Å². The normalized spacial score (nSPS) is 32.0. The van der Waals surface area contributed by atoms with Crippen LogP contribution in [0.25, 0.3) is 0 Å². The molecule has 1 saturated heterocycles. The summed E-state index contributed by atoms with van der Waals surface area (Å²) >= 11 is 0. The number of esters is 1. The first-order valence-corrected chi connectivity index (χ1v) is 6.47. The number of carbonyl (C=O) groups is 1. The summed E-state index contributed by atoms with van der Waals surface area (Å²) in [6.07, 6.45) is 1.65. The molecule has 0 aromatic heterocycles. The predicted molar refractivity (Wildman–Crippen MR) is 69.1 cm³/mol. The van der Waals surface area contributed by atoms with E-state index < -0.39 is 5.79 Å². The summed E-state index contributed by atoms with van der Waals surface area (Å²) in [5, 5.41) is 0. The zero-order valence-electron chi connectivity index (χ0n) is 11.9. The Bertz CT molecular complexity index is 314. The first-order chi connectivity index (χ1) is 8.36. The van der Waals surface area contributed by atoms with Gasteiger partial charge in [0.25, 0.3) is 0 Å². The van der Waals surface area contributed by atoms with E-state index in [4.69, 9.17) is 14.2 Å². The minimum atomic E-state index is -0.503. The highest BCUT2D eigenvalue weighted by molar-refractivity contribution is 5.86. The van der Waals surface area contributed by atoms with E-state index in [0.29, 0.717) is 25.4 Å². The van der Waals surface area contributed by atoms with E-state index in [1.165, 1.54) is 0 Å². The van der Waals surface area contributed by atoms with Crippen LogP contribution in [0.5, 0.6) is 0 Å². The van der Waals surface area contributed by atoms with E-state index >= 15 is 0 Å². The summed E-state index contributed by atoms with van der Waals surface area (Å²) in [4.78, 5) is 11.4. The van der Waals surface area contributed by atoms with E-state index in [-0.39, 0.29) is 11.4 Å². The van der Waals surface area contributed by atoms with Crippen LogP contribution in [0.4, 0.5) is 0 Å². The van der Waals surface area contributed by atoms with Gasteiger partial charge in [0.15, 0.2) is 5.79 Å². The van der Waals surface area contributed by atoms with Crippen molar-refractivity contribution in [1.29, 1.82) is 0 Å². The highest BCUT2D eigenvalue weighted by Crippen LogP contribution is 2.34. The topological polar surface area (TPSA) is 44.8 Å². The van der Waals surface area contributed by atoms with Crippen molar-refractivity contribution in [1.82, 2.24) is 0 Å². The standard InChI is InChI=1S/C14H24O4/c1-6-13(5)17-9-14(7-2,10-18-13)8-16-12(15)11(3)4/h3,6-10H2,1-2,4-5H3. The average molecular weight is 256 g/mol. The Labute approximate surface area is 109 Å². The molecule has 0 spiro atoms. The van der Waals surface area contributed by atoms with Gasteiger partial charge in [-0.1, -0.05) is 20.4 Å². The van der Waals surface area contributed by atoms with Crippen molar-refractivity contribution in [3.63, 3.8) is 0 Å². The maximum absolute atomic E-state index is 11.4. The van der Waals surface area contributed by atoms with Crippen LogP contribution in [0.1, 0.15) is 40.5 Å². The predicted octanol–water partition coefficient (Wildman–Crippen LogP) is 2.68. The molecule has 18 heavy (non-hydrogen) atoms. The molecule has 0 bridgehead atoms. The minimum Gasteiger partial charge on any atom is -0.462 e. The van der Waals surface area contributed by atoms with Crippen LogP contribution < -0.4 is 0 Å². The largest absolute Gasteiger partial charge is 0.462 e. The molecule has 0 N–H and O–H groups in total. The lowest BCUT2D eigenvalue weighted by molar-refractivity contribution is -0.301. The Hall–Kier alpha value is -0.870. The Balaban J connectivity index is 2.56. The van der Waals surface area contributed by atoms with Crippen LogP contribution in [0.15, 0.2) is 12.2 Å². The second kappa shape index (κ2) is 5.85. The summed E-state index contributed by atoms with van der Waals surface area (Å²) < 4.78 is 16.8. The molecule has 0 aliphatic carbocycles. The molecule has 1 fully saturated rings. The lowest BCUT2D eigenvalue weighted by Gasteiger charge is -2.43. The van der Waals surface area contributed by atoms with E-state index in [9.17, 15) is 4.79 Å². The van der Waals surface area contributed by atoms with Crippen molar-refractivity contribution in [2.45, 2.75) is 46.3 Å². The number of hydrogen-bond acceptors (Lipinski definition) is 4. The molecule has 104 valence electrons. The van der Waals surface area contributed by atoms with Gasteiger partial charge in [-0.3, -0.25) is 0 Å². The fraction of sp³-hybridized carbons (Fsp3) is 0.786. The highest BCUT2D eigenvalue weighted by Gasteiger charge is 2.41. The number of ether oxygens (including phenoxy) is 3. The zero-order chi connectivity index (χ0) is 13.8. The van der Waals surface area contributed by atoms with Crippen molar-refractivity contribution in [3.05, 3.63) is 12.2 Å². The second-order valence-corrected chi connectivity index (χ2v) is 5.27. The van der Waals surface area contributed by atoms with Crippen LogP contribution in [-0.2, 0) is 19.0 Å². The van der Waals surface area contributed by atoms with E-state index in [1.54, 1.807) is 6.92 Å². The van der Waals surface area contributed by atoms with Gasteiger partial charge in [-0.05, 0) is 26.7 Å². The molecular weight excluding hydrogens is 232 g/mol. The van der Waals surface area contributed by atoms with Gasteiger partial charge in [0, 0.05) is 5.57 Å². The van der Waals surface area contributed by atoms with Crippen LogP contribution in [-0.4, -0.2) is 31.6 Å². The van der Waals surface area contributed by atoms with E-state index in [2.05, 4.69) is 13.5 Å². The lowest BCUT2D eigenvalue weighted by atomic mass is 9.86. The van der Waals surface area contributed by atoms with Crippen LogP contribution in [0.2, 0.25) is 0 Å². The van der Waals surface area contributed by atoms with Crippen molar-refractivity contribution in [2.24, 2.45) is 5.41 Å². The van der Waals surface area contributed by atoms with Crippen molar-refractivity contribution in [3.8, 4) is 0 Å². The molecule has 0 amide bonds. The fourth-order valence-corrected chi connectivity index (χ4v) is 1.63. The molecule has 0 atom stereocenters. The fourth-order valence-electron chi connectivity index (χ4n) is 1.63. The molecule has 0 radical (unpaired) electrons. The van der Waals surface area contributed by atoms with Gasteiger partial charge >= 0.3 is 5.97 Å². The Morgan fingerprint density at radius 3 is 2.22 bits per heavy atom. The van der Waals surface area contributed by atoms with E-state index in [0.717, 1.165) is 12.8 Å². The molecule has 1 rings (SSSR count). The van der Waals surface area contributed by atoms with Gasteiger partial charge in [-0.15, -0.1) is 0 Å². The van der Waals surface area contributed by atoms with Gasteiger partial charge in [-0.2, -0.15) is 0 Å². The molecule has 0 saturated carbocycles. The summed E-state index contributed by atoms with van der Waals surface area (Å²) in [5.41, 5.74) is 0.178. The summed E-state index contributed by atoms with van der Waals surface area (Å²) in [6, 6.07) is 0. The quantitative estimate of drug-likeness (QED) is 0.560. The zero-order valence-corrected chi connectivity index (χ0v) is 11.9. The SMILES string of the molecule is C=C(C)C(=O)OCC1(CC)COC(C)(CC)OC1. The molecule has 0 aromatic carbocycles. The first kappa shape index (κ1) is 15.2. The van der Waals surface area contributed by atoms with Gasteiger partial charge in [0.1, 0.15) is 6.61 Å². The third kappa shape index (κ3) is 3.56. The second-order valence-electron chi connectivity index (χ2n) is 5.27. The highest BCUT2D eigenvalue weighted by atomic mass is 16.7. The smallest absolute Gasteiger partial charge is 0.333 e. The maximum atomic E-state index is 11.4. The van der Waals surface area contributed by atoms with Gasteiger partial charge in [0.05, 0.1) is 18.6 Å². The van der Waals surface area contributed by atoms with Gasteiger partial charge < -0.3 is 14.2 Å². The monoisotopic (exact) mass is 256 g/mol. The molecule has 4 heteroatoms. The van der Waals surface area contributed by atoms with Gasteiger partial charge in [0.2, 0.25) is 0 Å². The molecule has 1 aliphatic heterocycles. The Kier molecular flexibility index (Phi) is 4.93. The number of carbonyl (C=O) groups excluding carboxylic acids is 1. The maximum Gasteiger partial charge on any atom is 0.333 e. The van der Waals surface area contributed by atoms with Crippen LogP contribution in [0, 0.1) is 5.41 Å². The summed E-state index contributed by atoms with van der Waals surface area (Å²) in [5.74, 6) is -0.858. The Morgan fingerprint density at radius 2 is 1.83 bits per heavy atom. The molecule has 0 aromatic rings. The lowest BCUT2D eigenvalue weighted by Crippen LogP contribution is -2.49. The molecular formula is C14H24O4. The number of hydrogen-bond donors (Lipinski definition) is 0.